The van der Waals surface area contributed by atoms with Crippen LogP contribution in [0.5, 0.6) is 0 Å². The molecular formula is C12H16F2N2O. The van der Waals surface area contributed by atoms with Crippen molar-refractivity contribution in [1.29, 1.82) is 0 Å². The molecule has 3 N–H and O–H groups in total. The molecule has 1 amide bonds. The van der Waals surface area contributed by atoms with Gasteiger partial charge in [0.05, 0.1) is 11.1 Å². The highest BCUT2D eigenvalue weighted by Gasteiger charge is 2.30. The Bertz CT molecular complexity index is 417. The number of rotatable bonds is 4. The first-order valence-corrected chi connectivity index (χ1v) is 5.39. The number of benzene rings is 1. The van der Waals surface area contributed by atoms with Gasteiger partial charge in [-0.1, -0.05) is 6.92 Å². The average Bonchev–Trinajstić information content (AvgIpc) is 2.32. The van der Waals surface area contributed by atoms with E-state index in [1.165, 1.54) is 0 Å². The Balaban J connectivity index is 2.91. The molecule has 17 heavy (non-hydrogen) atoms. The van der Waals surface area contributed by atoms with Crippen molar-refractivity contribution in [1.82, 2.24) is 0 Å². The van der Waals surface area contributed by atoms with Gasteiger partial charge in [0.15, 0.2) is 0 Å². The lowest BCUT2D eigenvalue weighted by Crippen LogP contribution is -2.39. The average molecular weight is 242 g/mol. The molecule has 0 bridgehead atoms. The summed E-state index contributed by atoms with van der Waals surface area (Å²) in [5.74, 6) is -1.69. The second kappa shape index (κ2) is 5.23. The summed E-state index contributed by atoms with van der Waals surface area (Å²) >= 11 is 0. The minimum absolute atomic E-state index is 0.145. The lowest BCUT2D eigenvalue weighted by Gasteiger charge is -2.25. The van der Waals surface area contributed by atoms with Crippen LogP contribution in [-0.2, 0) is 4.79 Å². The molecule has 1 aromatic rings. The van der Waals surface area contributed by atoms with E-state index in [-0.39, 0.29) is 12.2 Å². The summed E-state index contributed by atoms with van der Waals surface area (Å²) in [5.41, 5.74) is 4.57. The van der Waals surface area contributed by atoms with Crippen LogP contribution in [0.15, 0.2) is 18.2 Å². The number of carbonyl (C=O) groups is 1. The summed E-state index contributed by atoms with van der Waals surface area (Å²) < 4.78 is 26.2. The maximum atomic E-state index is 13.3. The number of hydrogen-bond acceptors (Lipinski definition) is 2. The third-order valence-electron chi connectivity index (χ3n) is 2.96. The lowest BCUT2D eigenvalue weighted by molar-refractivity contribution is -0.124. The second-order valence-electron chi connectivity index (χ2n) is 4.20. The molecule has 0 fully saturated rings. The van der Waals surface area contributed by atoms with Gasteiger partial charge < -0.3 is 11.1 Å². The predicted octanol–water partition coefficient (Wildman–Crippen LogP) is 2.28. The Hall–Kier alpha value is -1.49. The number of nitrogens with two attached hydrogens (primary N) is 1. The molecule has 0 saturated heterocycles. The third kappa shape index (κ3) is 3.00. The number of amides is 1. The van der Waals surface area contributed by atoms with Gasteiger partial charge in [0, 0.05) is 12.6 Å². The molecule has 1 rings (SSSR count). The first-order chi connectivity index (χ1) is 7.92. The lowest BCUT2D eigenvalue weighted by atomic mass is 9.86. The van der Waals surface area contributed by atoms with E-state index >= 15 is 0 Å². The highest BCUT2D eigenvalue weighted by atomic mass is 19.1. The largest absolute Gasteiger partial charge is 0.329 e. The summed E-state index contributed by atoms with van der Waals surface area (Å²) in [6, 6.07) is 2.91. The Labute approximate surface area is 99.0 Å². The quantitative estimate of drug-likeness (QED) is 0.851. The molecule has 0 heterocycles. The second-order valence-corrected chi connectivity index (χ2v) is 4.20. The van der Waals surface area contributed by atoms with Crippen LogP contribution < -0.4 is 11.1 Å². The molecule has 1 atom stereocenters. The van der Waals surface area contributed by atoms with Crippen LogP contribution in [0.1, 0.15) is 20.3 Å². The molecule has 0 spiro atoms. The fraction of sp³-hybridized carbons (Fsp3) is 0.417. The van der Waals surface area contributed by atoms with E-state index in [1.54, 1.807) is 6.92 Å². The van der Waals surface area contributed by atoms with Crippen molar-refractivity contribution in [2.75, 3.05) is 11.9 Å². The van der Waals surface area contributed by atoms with Gasteiger partial charge >= 0.3 is 0 Å². The van der Waals surface area contributed by atoms with E-state index in [4.69, 9.17) is 5.73 Å². The van der Waals surface area contributed by atoms with Gasteiger partial charge in [0.2, 0.25) is 5.91 Å². The van der Waals surface area contributed by atoms with Crippen LogP contribution in [0.4, 0.5) is 14.5 Å². The minimum Gasteiger partial charge on any atom is -0.329 e. The molecule has 0 aliphatic carbocycles. The van der Waals surface area contributed by atoms with Crippen molar-refractivity contribution >= 4 is 11.6 Å². The zero-order valence-corrected chi connectivity index (χ0v) is 9.89. The molecule has 1 unspecified atom stereocenters. The van der Waals surface area contributed by atoms with Crippen LogP contribution in [-0.4, -0.2) is 12.5 Å². The highest BCUT2D eigenvalue weighted by Crippen LogP contribution is 2.23. The first-order valence-electron chi connectivity index (χ1n) is 5.39. The van der Waals surface area contributed by atoms with Gasteiger partial charge in [-0.05, 0) is 25.5 Å². The molecule has 0 saturated carbocycles. The fourth-order valence-corrected chi connectivity index (χ4v) is 1.26. The number of nitrogens with one attached hydrogen (secondary N) is 1. The van der Waals surface area contributed by atoms with Crippen molar-refractivity contribution in [3.63, 3.8) is 0 Å². The first kappa shape index (κ1) is 13.6. The number of anilines is 1. The number of hydrogen-bond donors (Lipinski definition) is 2. The number of carbonyl (C=O) groups excluding carboxylic acids is 1. The van der Waals surface area contributed by atoms with Crippen molar-refractivity contribution in [3.05, 3.63) is 29.8 Å². The molecule has 94 valence electrons. The zero-order valence-electron chi connectivity index (χ0n) is 9.89. The van der Waals surface area contributed by atoms with Crippen molar-refractivity contribution in [2.24, 2.45) is 11.1 Å². The monoisotopic (exact) mass is 242 g/mol. The normalized spacial score (nSPS) is 14.2. The van der Waals surface area contributed by atoms with Gasteiger partial charge in [0.1, 0.15) is 11.6 Å². The third-order valence-corrected chi connectivity index (χ3v) is 2.96. The molecule has 0 aliphatic rings. The Morgan fingerprint density at radius 1 is 1.47 bits per heavy atom. The van der Waals surface area contributed by atoms with Crippen molar-refractivity contribution in [3.8, 4) is 0 Å². The van der Waals surface area contributed by atoms with Crippen LogP contribution in [0, 0.1) is 17.0 Å². The SMILES string of the molecule is CCC(C)(CN)C(=O)Nc1cc(F)ccc1F. The Morgan fingerprint density at radius 3 is 2.65 bits per heavy atom. The maximum absolute atomic E-state index is 13.3. The Kier molecular flexibility index (Phi) is 4.17. The summed E-state index contributed by atoms with van der Waals surface area (Å²) in [6.07, 6.45) is 0.520. The van der Waals surface area contributed by atoms with Crippen molar-refractivity contribution < 1.29 is 13.6 Å². The molecule has 0 aliphatic heterocycles. The molecular weight excluding hydrogens is 226 g/mol. The van der Waals surface area contributed by atoms with Crippen LogP contribution in [0.25, 0.3) is 0 Å². The molecule has 1 aromatic carbocycles. The van der Waals surface area contributed by atoms with Crippen LogP contribution >= 0.6 is 0 Å². The van der Waals surface area contributed by atoms with E-state index in [0.29, 0.717) is 6.42 Å². The van der Waals surface area contributed by atoms with E-state index < -0.39 is 23.0 Å². The molecule has 0 radical (unpaired) electrons. The number of halogens is 2. The van der Waals surface area contributed by atoms with Crippen LogP contribution in [0.2, 0.25) is 0 Å². The van der Waals surface area contributed by atoms with Gasteiger partial charge in [-0.3, -0.25) is 4.79 Å². The predicted molar refractivity (Wildman–Crippen MR) is 62.4 cm³/mol. The van der Waals surface area contributed by atoms with Gasteiger partial charge in [-0.25, -0.2) is 8.78 Å². The standard InChI is InChI=1S/C12H16F2N2O/c1-3-12(2,7-15)11(17)16-10-6-8(13)4-5-9(10)14/h4-6H,3,7,15H2,1-2H3,(H,16,17). The summed E-state index contributed by atoms with van der Waals surface area (Å²) in [7, 11) is 0. The highest BCUT2D eigenvalue weighted by molar-refractivity contribution is 5.95. The molecule has 3 nitrogen and oxygen atoms in total. The van der Waals surface area contributed by atoms with E-state index in [0.717, 1.165) is 18.2 Å². The molecule has 0 aromatic heterocycles. The maximum Gasteiger partial charge on any atom is 0.231 e. The minimum atomic E-state index is -0.779. The van der Waals surface area contributed by atoms with Gasteiger partial charge in [-0.2, -0.15) is 0 Å². The summed E-state index contributed by atoms with van der Waals surface area (Å²) in [6.45, 7) is 3.64. The summed E-state index contributed by atoms with van der Waals surface area (Å²) in [5, 5.41) is 2.36. The topological polar surface area (TPSA) is 55.1 Å². The van der Waals surface area contributed by atoms with E-state index in [2.05, 4.69) is 5.32 Å². The Morgan fingerprint density at radius 2 is 2.12 bits per heavy atom. The molecule has 5 heteroatoms. The zero-order chi connectivity index (χ0) is 13.1. The van der Waals surface area contributed by atoms with Crippen molar-refractivity contribution in [2.45, 2.75) is 20.3 Å². The van der Waals surface area contributed by atoms with Crippen LogP contribution in [0.3, 0.4) is 0 Å². The fourth-order valence-electron chi connectivity index (χ4n) is 1.26. The van der Waals surface area contributed by atoms with E-state index in [1.807, 2.05) is 6.92 Å². The van der Waals surface area contributed by atoms with Gasteiger partial charge in [0.25, 0.3) is 0 Å². The smallest absolute Gasteiger partial charge is 0.231 e. The van der Waals surface area contributed by atoms with Gasteiger partial charge in [-0.15, -0.1) is 0 Å². The summed E-state index contributed by atoms with van der Waals surface area (Å²) in [4.78, 5) is 11.9. The van der Waals surface area contributed by atoms with E-state index in [9.17, 15) is 13.6 Å².